The molecule has 0 aliphatic rings. The van der Waals surface area contributed by atoms with Gasteiger partial charge < -0.3 is 10.1 Å². The molecule has 0 unspecified atom stereocenters. The second-order valence-corrected chi connectivity index (χ2v) is 4.55. The van der Waals surface area contributed by atoms with Gasteiger partial charge in [0.2, 0.25) is 5.88 Å². The van der Waals surface area contributed by atoms with E-state index in [0.717, 1.165) is 22.8 Å². The van der Waals surface area contributed by atoms with Crippen LogP contribution in [0.2, 0.25) is 5.02 Å². The maximum Gasteiger partial charge on any atom is 0.237 e. The number of benzene rings is 1. The summed E-state index contributed by atoms with van der Waals surface area (Å²) in [6.07, 6.45) is 3.33. The maximum absolute atomic E-state index is 5.96. The lowest BCUT2D eigenvalue weighted by Gasteiger charge is -2.07. The van der Waals surface area contributed by atoms with Crippen molar-refractivity contribution in [3.63, 3.8) is 0 Å². The molecule has 1 N–H and O–H groups in total. The Morgan fingerprint density at radius 1 is 1.26 bits per heavy atom. The Morgan fingerprint density at radius 3 is 2.74 bits per heavy atom. The Bertz CT molecular complexity index is 543. The summed E-state index contributed by atoms with van der Waals surface area (Å²) < 4.78 is 5.62. The SMILES string of the molecule is CCNCc1cnc(Oc2ccc(Cl)c(C)c2)cn1. The molecule has 0 radical (unpaired) electrons. The van der Waals surface area contributed by atoms with Crippen LogP contribution in [-0.2, 0) is 6.54 Å². The highest BCUT2D eigenvalue weighted by Gasteiger charge is 2.02. The van der Waals surface area contributed by atoms with Gasteiger partial charge in [-0.05, 0) is 37.2 Å². The second kappa shape index (κ2) is 6.50. The van der Waals surface area contributed by atoms with E-state index in [1.54, 1.807) is 18.5 Å². The van der Waals surface area contributed by atoms with E-state index in [1.807, 2.05) is 26.0 Å². The fourth-order valence-corrected chi connectivity index (χ4v) is 1.66. The summed E-state index contributed by atoms with van der Waals surface area (Å²) in [5, 5.41) is 3.91. The second-order valence-electron chi connectivity index (χ2n) is 4.14. The monoisotopic (exact) mass is 277 g/mol. The molecule has 0 amide bonds. The lowest BCUT2D eigenvalue weighted by atomic mass is 10.2. The molecule has 0 saturated heterocycles. The highest BCUT2D eigenvalue weighted by atomic mass is 35.5. The summed E-state index contributed by atoms with van der Waals surface area (Å²) in [6, 6.07) is 5.49. The number of ether oxygens (including phenoxy) is 1. The zero-order chi connectivity index (χ0) is 13.7. The summed E-state index contributed by atoms with van der Waals surface area (Å²) in [5.41, 5.74) is 1.86. The number of nitrogens with one attached hydrogen (secondary N) is 1. The van der Waals surface area contributed by atoms with Crippen LogP contribution in [0.3, 0.4) is 0 Å². The average Bonchev–Trinajstić information content (AvgIpc) is 2.42. The van der Waals surface area contributed by atoms with Crippen LogP contribution in [0.1, 0.15) is 18.2 Å². The van der Waals surface area contributed by atoms with Crippen molar-refractivity contribution in [2.75, 3.05) is 6.54 Å². The zero-order valence-electron chi connectivity index (χ0n) is 11.0. The van der Waals surface area contributed by atoms with E-state index >= 15 is 0 Å². The quantitative estimate of drug-likeness (QED) is 0.910. The first-order chi connectivity index (χ1) is 9.19. The molecule has 4 nitrogen and oxygen atoms in total. The minimum Gasteiger partial charge on any atom is -0.437 e. The van der Waals surface area contributed by atoms with Gasteiger partial charge in [0.1, 0.15) is 5.75 Å². The standard InChI is InChI=1S/C14H16ClN3O/c1-3-16-7-11-8-18-14(9-17-11)19-12-4-5-13(15)10(2)6-12/h4-6,8-9,16H,3,7H2,1-2H3. The van der Waals surface area contributed by atoms with Crippen molar-refractivity contribution in [2.45, 2.75) is 20.4 Å². The van der Waals surface area contributed by atoms with Crippen LogP contribution in [0, 0.1) is 6.92 Å². The van der Waals surface area contributed by atoms with Crippen LogP contribution < -0.4 is 10.1 Å². The Morgan fingerprint density at radius 2 is 2.11 bits per heavy atom. The number of rotatable bonds is 5. The van der Waals surface area contributed by atoms with E-state index in [1.165, 1.54) is 0 Å². The van der Waals surface area contributed by atoms with Gasteiger partial charge in [-0.2, -0.15) is 0 Å². The molecule has 0 bridgehead atoms. The van der Waals surface area contributed by atoms with Crippen LogP contribution in [0.15, 0.2) is 30.6 Å². The molecular weight excluding hydrogens is 262 g/mol. The van der Waals surface area contributed by atoms with Crippen LogP contribution in [-0.4, -0.2) is 16.5 Å². The molecule has 0 spiro atoms. The van der Waals surface area contributed by atoms with E-state index in [-0.39, 0.29) is 0 Å². The predicted molar refractivity (Wildman–Crippen MR) is 75.7 cm³/mol. The Kier molecular flexibility index (Phi) is 4.71. The molecule has 5 heteroatoms. The van der Waals surface area contributed by atoms with Crippen molar-refractivity contribution in [3.05, 3.63) is 46.9 Å². The number of halogens is 1. The van der Waals surface area contributed by atoms with Gasteiger partial charge >= 0.3 is 0 Å². The Labute approximate surface area is 117 Å². The first-order valence-electron chi connectivity index (χ1n) is 6.14. The lowest BCUT2D eigenvalue weighted by Crippen LogP contribution is -2.13. The minimum atomic E-state index is 0.474. The van der Waals surface area contributed by atoms with Gasteiger partial charge in [0.25, 0.3) is 0 Å². The molecule has 1 aromatic carbocycles. The van der Waals surface area contributed by atoms with E-state index < -0.39 is 0 Å². The smallest absolute Gasteiger partial charge is 0.237 e. The van der Waals surface area contributed by atoms with Gasteiger partial charge in [0.05, 0.1) is 18.1 Å². The summed E-state index contributed by atoms with van der Waals surface area (Å²) in [5.74, 6) is 1.18. The highest BCUT2D eigenvalue weighted by Crippen LogP contribution is 2.24. The van der Waals surface area contributed by atoms with Crippen molar-refractivity contribution >= 4 is 11.6 Å². The Hall–Kier alpha value is -1.65. The maximum atomic E-state index is 5.96. The van der Waals surface area contributed by atoms with E-state index in [0.29, 0.717) is 18.2 Å². The summed E-state index contributed by atoms with van der Waals surface area (Å²) in [4.78, 5) is 8.50. The lowest BCUT2D eigenvalue weighted by molar-refractivity contribution is 0.458. The molecule has 2 aromatic rings. The van der Waals surface area contributed by atoms with E-state index in [4.69, 9.17) is 16.3 Å². The van der Waals surface area contributed by atoms with Gasteiger partial charge in [0.15, 0.2) is 0 Å². The van der Waals surface area contributed by atoms with Gasteiger partial charge in [0, 0.05) is 11.6 Å². The summed E-state index contributed by atoms with van der Waals surface area (Å²) in [6.45, 7) is 5.60. The first kappa shape index (κ1) is 13.8. The van der Waals surface area contributed by atoms with Crippen molar-refractivity contribution < 1.29 is 4.74 Å². The predicted octanol–water partition coefficient (Wildman–Crippen LogP) is 3.34. The normalized spacial score (nSPS) is 10.5. The Balaban J connectivity index is 2.04. The first-order valence-corrected chi connectivity index (χ1v) is 6.52. The molecule has 0 aliphatic carbocycles. The fourth-order valence-electron chi connectivity index (χ4n) is 1.54. The third-order valence-electron chi connectivity index (χ3n) is 2.59. The van der Waals surface area contributed by atoms with Gasteiger partial charge in [-0.25, -0.2) is 4.98 Å². The molecule has 0 fully saturated rings. The molecule has 1 heterocycles. The number of hydrogen-bond acceptors (Lipinski definition) is 4. The highest BCUT2D eigenvalue weighted by molar-refractivity contribution is 6.31. The molecule has 2 rings (SSSR count). The van der Waals surface area contributed by atoms with Crippen molar-refractivity contribution in [2.24, 2.45) is 0 Å². The number of hydrogen-bond donors (Lipinski definition) is 1. The molecule has 19 heavy (non-hydrogen) atoms. The minimum absolute atomic E-state index is 0.474. The number of aromatic nitrogens is 2. The molecule has 0 atom stereocenters. The summed E-state index contributed by atoms with van der Waals surface area (Å²) >= 11 is 5.96. The number of aryl methyl sites for hydroxylation is 1. The largest absolute Gasteiger partial charge is 0.437 e. The molecular formula is C14H16ClN3O. The number of nitrogens with zero attached hydrogens (tertiary/aromatic N) is 2. The van der Waals surface area contributed by atoms with Crippen LogP contribution in [0.25, 0.3) is 0 Å². The van der Waals surface area contributed by atoms with Crippen LogP contribution >= 0.6 is 11.6 Å². The van der Waals surface area contributed by atoms with E-state index in [2.05, 4.69) is 15.3 Å². The fraction of sp³-hybridized carbons (Fsp3) is 0.286. The third-order valence-corrected chi connectivity index (χ3v) is 3.01. The van der Waals surface area contributed by atoms with Crippen LogP contribution in [0.5, 0.6) is 11.6 Å². The van der Waals surface area contributed by atoms with Gasteiger partial charge in [-0.3, -0.25) is 4.98 Å². The van der Waals surface area contributed by atoms with E-state index in [9.17, 15) is 0 Å². The molecule has 0 saturated carbocycles. The molecule has 1 aromatic heterocycles. The van der Waals surface area contributed by atoms with Crippen molar-refractivity contribution in [1.82, 2.24) is 15.3 Å². The van der Waals surface area contributed by atoms with Crippen molar-refractivity contribution in [3.8, 4) is 11.6 Å². The zero-order valence-corrected chi connectivity index (χ0v) is 11.7. The van der Waals surface area contributed by atoms with Gasteiger partial charge in [-0.1, -0.05) is 18.5 Å². The average molecular weight is 278 g/mol. The van der Waals surface area contributed by atoms with Gasteiger partial charge in [-0.15, -0.1) is 0 Å². The molecule has 100 valence electrons. The summed E-state index contributed by atoms with van der Waals surface area (Å²) in [7, 11) is 0. The van der Waals surface area contributed by atoms with Crippen molar-refractivity contribution in [1.29, 1.82) is 0 Å². The third kappa shape index (κ3) is 3.91. The van der Waals surface area contributed by atoms with Crippen LogP contribution in [0.4, 0.5) is 0 Å². The molecule has 0 aliphatic heterocycles. The topological polar surface area (TPSA) is 47.0 Å².